The third-order valence-corrected chi connectivity index (χ3v) is 3.59. The SMILES string of the molecule is CCC(OC1CCCC1)C(=O)NC(C)c1nc(C)no1. The predicted molar refractivity (Wildman–Crippen MR) is 73.0 cm³/mol. The highest BCUT2D eigenvalue weighted by atomic mass is 16.5. The molecule has 2 unspecified atom stereocenters. The van der Waals surface area contributed by atoms with Crippen molar-refractivity contribution in [3.05, 3.63) is 11.7 Å². The first-order chi connectivity index (χ1) is 9.60. The fourth-order valence-electron chi connectivity index (χ4n) is 2.46. The van der Waals surface area contributed by atoms with Crippen LogP contribution in [0.15, 0.2) is 4.52 Å². The predicted octanol–water partition coefficient (Wildman–Crippen LogP) is 2.29. The van der Waals surface area contributed by atoms with Gasteiger partial charge in [0.05, 0.1) is 6.10 Å². The molecule has 1 N–H and O–H groups in total. The summed E-state index contributed by atoms with van der Waals surface area (Å²) in [5, 5.41) is 6.60. The van der Waals surface area contributed by atoms with Gasteiger partial charge in [-0.15, -0.1) is 0 Å². The summed E-state index contributed by atoms with van der Waals surface area (Å²) in [5.74, 6) is 0.879. The molecule has 1 aromatic rings. The van der Waals surface area contributed by atoms with E-state index in [4.69, 9.17) is 9.26 Å². The van der Waals surface area contributed by atoms with Gasteiger partial charge in [-0.05, 0) is 33.1 Å². The molecule has 1 saturated carbocycles. The van der Waals surface area contributed by atoms with Crippen LogP contribution < -0.4 is 5.32 Å². The Bertz CT molecular complexity index is 441. The fourth-order valence-corrected chi connectivity index (χ4v) is 2.46. The van der Waals surface area contributed by atoms with Crippen molar-refractivity contribution in [3.63, 3.8) is 0 Å². The average molecular weight is 281 g/mol. The number of hydrogen-bond acceptors (Lipinski definition) is 5. The lowest BCUT2D eigenvalue weighted by Gasteiger charge is -2.21. The van der Waals surface area contributed by atoms with Gasteiger partial charge < -0.3 is 14.6 Å². The number of nitrogens with zero attached hydrogens (tertiary/aromatic N) is 2. The van der Waals surface area contributed by atoms with Gasteiger partial charge in [0.1, 0.15) is 12.1 Å². The molecule has 0 aromatic carbocycles. The molecule has 1 aliphatic carbocycles. The fraction of sp³-hybridized carbons (Fsp3) is 0.786. The standard InChI is InChI=1S/C14H23N3O3/c1-4-12(19-11-7-5-6-8-11)13(18)15-9(2)14-16-10(3)17-20-14/h9,11-12H,4-8H2,1-3H3,(H,15,18). The highest BCUT2D eigenvalue weighted by Gasteiger charge is 2.26. The highest BCUT2D eigenvalue weighted by Crippen LogP contribution is 2.23. The van der Waals surface area contributed by atoms with E-state index in [1.54, 1.807) is 6.92 Å². The molecule has 6 nitrogen and oxygen atoms in total. The van der Waals surface area contributed by atoms with Crippen LogP contribution in [0.5, 0.6) is 0 Å². The van der Waals surface area contributed by atoms with Crippen molar-refractivity contribution in [2.24, 2.45) is 0 Å². The molecule has 112 valence electrons. The van der Waals surface area contributed by atoms with Gasteiger partial charge in [0, 0.05) is 0 Å². The Balaban J connectivity index is 1.87. The maximum Gasteiger partial charge on any atom is 0.249 e. The second-order valence-electron chi connectivity index (χ2n) is 5.35. The van der Waals surface area contributed by atoms with E-state index in [0.29, 0.717) is 18.1 Å². The van der Waals surface area contributed by atoms with Crippen LogP contribution in [0.2, 0.25) is 0 Å². The van der Waals surface area contributed by atoms with Crippen molar-refractivity contribution in [2.75, 3.05) is 0 Å². The third-order valence-electron chi connectivity index (χ3n) is 3.59. The van der Waals surface area contributed by atoms with Crippen LogP contribution in [0, 0.1) is 6.92 Å². The zero-order valence-electron chi connectivity index (χ0n) is 12.4. The van der Waals surface area contributed by atoms with E-state index in [1.807, 2.05) is 13.8 Å². The number of aromatic nitrogens is 2. The van der Waals surface area contributed by atoms with Gasteiger partial charge in [-0.1, -0.05) is 24.9 Å². The maximum absolute atomic E-state index is 12.2. The van der Waals surface area contributed by atoms with Crippen LogP contribution in [0.1, 0.15) is 63.7 Å². The van der Waals surface area contributed by atoms with Crippen molar-refractivity contribution < 1.29 is 14.1 Å². The third kappa shape index (κ3) is 3.79. The quantitative estimate of drug-likeness (QED) is 0.865. The number of rotatable bonds is 6. The zero-order valence-corrected chi connectivity index (χ0v) is 12.4. The minimum atomic E-state index is -0.399. The molecule has 6 heteroatoms. The maximum atomic E-state index is 12.2. The van der Waals surface area contributed by atoms with Gasteiger partial charge in [0.2, 0.25) is 11.8 Å². The number of carbonyl (C=O) groups excluding carboxylic acids is 1. The first-order valence-electron chi connectivity index (χ1n) is 7.36. The summed E-state index contributed by atoms with van der Waals surface area (Å²) in [5.41, 5.74) is 0. The summed E-state index contributed by atoms with van der Waals surface area (Å²) in [7, 11) is 0. The normalized spacial score (nSPS) is 18.9. The Hall–Kier alpha value is -1.43. The minimum Gasteiger partial charge on any atom is -0.365 e. The number of hydrogen-bond donors (Lipinski definition) is 1. The van der Waals surface area contributed by atoms with E-state index in [0.717, 1.165) is 12.8 Å². The average Bonchev–Trinajstić information content (AvgIpc) is 3.06. The molecule has 0 saturated heterocycles. The Morgan fingerprint density at radius 2 is 2.20 bits per heavy atom. The second kappa shape index (κ2) is 6.83. The first kappa shape index (κ1) is 15.0. The van der Waals surface area contributed by atoms with Gasteiger partial charge in [-0.2, -0.15) is 4.98 Å². The van der Waals surface area contributed by atoms with Gasteiger partial charge in [-0.25, -0.2) is 0 Å². The summed E-state index contributed by atoms with van der Waals surface area (Å²) in [4.78, 5) is 16.3. The largest absolute Gasteiger partial charge is 0.365 e. The lowest BCUT2D eigenvalue weighted by Crippen LogP contribution is -2.39. The molecule has 2 atom stereocenters. The van der Waals surface area contributed by atoms with E-state index in [-0.39, 0.29) is 18.1 Å². The summed E-state index contributed by atoms with van der Waals surface area (Å²) in [6, 6.07) is -0.301. The van der Waals surface area contributed by atoms with Crippen molar-refractivity contribution in [3.8, 4) is 0 Å². The number of ether oxygens (including phenoxy) is 1. The summed E-state index contributed by atoms with van der Waals surface area (Å²) < 4.78 is 10.9. The van der Waals surface area contributed by atoms with Crippen LogP contribution in [-0.2, 0) is 9.53 Å². The Morgan fingerprint density at radius 1 is 1.50 bits per heavy atom. The molecule has 2 rings (SSSR count). The second-order valence-corrected chi connectivity index (χ2v) is 5.35. The molecule has 0 aliphatic heterocycles. The number of nitrogens with one attached hydrogen (secondary N) is 1. The molecule has 0 radical (unpaired) electrons. The molecule has 0 bridgehead atoms. The van der Waals surface area contributed by atoms with Crippen LogP contribution >= 0.6 is 0 Å². The molecule has 1 aliphatic rings. The van der Waals surface area contributed by atoms with Gasteiger partial charge in [-0.3, -0.25) is 4.79 Å². The molecular weight excluding hydrogens is 258 g/mol. The first-order valence-corrected chi connectivity index (χ1v) is 7.36. The summed E-state index contributed by atoms with van der Waals surface area (Å²) in [6.07, 6.45) is 5.00. The van der Waals surface area contributed by atoms with Crippen LogP contribution in [0.25, 0.3) is 0 Å². The molecule has 1 fully saturated rings. The molecule has 1 amide bonds. The van der Waals surface area contributed by atoms with E-state index in [9.17, 15) is 4.79 Å². The molecule has 1 heterocycles. The van der Waals surface area contributed by atoms with Crippen LogP contribution in [0.3, 0.4) is 0 Å². The topological polar surface area (TPSA) is 77.2 Å². The van der Waals surface area contributed by atoms with Crippen molar-refractivity contribution >= 4 is 5.91 Å². The summed E-state index contributed by atoms with van der Waals surface area (Å²) >= 11 is 0. The zero-order chi connectivity index (χ0) is 14.5. The minimum absolute atomic E-state index is 0.109. The number of aryl methyl sites for hydroxylation is 1. The van der Waals surface area contributed by atoms with Crippen LogP contribution in [0.4, 0.5) is 0 Å². The van der Waals surface area contributed by atoms with Crippen molar-refractivity contribution in [1.82, 2.24) is 15.5 Å². The lowest BCUT2D eigenvalue weighted by atomic mass is 10.2. The van der Waals surface area contributed by atoms with Gasteiger partial charge in [0.15, 0.2) is 5.82 Å². The highest BCUT2D eigenvalue weighted by molar-refractivity contribution is 5.81. The van der Waals surface area contributed by atoms with Gasteiger partial charge >= 0.3 is 0 Å². The van der Waals surface area contributed by atoms with E-state index in [1.165, 1.54) is 12.8 Å². The molecular formula is C14H23N3O3. The summed E-state index contributed by atoms with van der Waals surface area (Å²) in [6.45, 7) is 5.54. The van der Waals surface area contributed by atoms with E-state index >= 15 is 0 Å². The lowest BCUT2D eigenvalue weighted by molar-refractivity contribution is -0.137. The number of carbonyl (C=O) groups is 1. The van der Waals surface area contributed by atoms with Crippen LogP contribution in [-0.4, -0.2) is 28.3 Å². The van der Waals surface area contributed by atoms with Gasteiger partial charge in [0.25, 0.3) is 0 Å². The van der Waals surface area contributed by atoms with Crippen molar-refractivity contribution in [2.45, 2.75) is 71.1 Å². The van der Waals surface area contributed by atoms with Crippen molar-refractivity contribution in [1.29, 1.82) is 0 Å². The smallest absolute Gasteiger partial charge is 0.249 e. The molecule has 20 heavy (non-hydrogen) atoms. The Labute approximate surface area is 119 Å². The van der Waals surface area contributed by atoms with E-state index < -0.39 is 6.10 Å². The Kier molecular flexibility index (Phi) is 5.11. The molecule has 0 spiro atoms. The Morgan fingerprint density at radius 3 is 2.75 bits per heavy atom. The molecule has 1 aromatic heterocycles. The van der Waals surface area contributed by atoms with E-state index in [2.05, 4.69) is 15.5 Å². The number of amides is 1. The monoisotopic (exact) mass is 281 g/mol.